The Morgan fingerprint density at radius 2 is 2.00 bits per heavy atom. The molecule has 3 rings (SSSR count). The van der Waals surface area contributed by atoms with Gasteiger partial charge in [-0.1, -0.05) is 24.3 Å². The van der Waals surface area contributed by atoms with Crippen LogP contribution in [-0.4, -0.2) is 23.3 Å². The maximum Gasteiger partial charge on any atom is 0.339 e. The molecule has 0 spiro atoms. The third-order valence-corrected chi connectivity index (χ3v) is 5.19. The summed E-state index contributed by atoms with van der Waals surface area (Å²) in [7, 11) is 0. The largest absolute Gasteiger partial charge is 0.454 e. The van der Waals surface area contributed by atoms with Gasteiger partial charge >= 0.3 is 5.97 Å². The van der Waals surface area contributed by atoms with Gasteiger partial charge in [-0.3, -0.25) is 4.79 Å². The van der Waals surface area contributed by atoms with Crippen molar-refractivity contribution in [3.63, 3.8) is 0 Å². The maximum absolute atomic E-state index is 13.2. The van der Waals surface area contributed by atoms with Crippen LogP contribution in [0.25, 0.3) is 0 Å². The predicted molar refractivity (Wildman–Crippen MR) is 99.1 cm³/mol. The summed E-state index contributed by atoms with van der Waals surface area (Å²) in [5.74, 6) is -0.914. The molecule has 0 N–H and O–H groups in total. The Labute approximate surface area is 158 Å². The fourth-order valence-electron chi connectivity index (χ4n) is 2.18. The van der Waals surface area contributed by atoms with Crippen molar-refractivity contribution in [3.8, 4) is 0 Å². The van der Waals surface area contributed by atoms with Crippen LogP contribution in [0.2, 0.25) is 0 Å². The van der Waals surface area contributed by atoms with Gasteiger partial charge in [0.15, 0.2) is 12.4 Å². The molecule has 1 aromatic heterocycles. The lowest BCUT2D eigenvalue weighted by Gasteiger charge is -2.09. The van der Waals surface area contributed by atoms with Crippen molar-refractivity contribution in [2.45, 2.75) is 10.6 Å². The van der Waals surface area contributed by atoms with E-state index < -0.39 is 24.2 Å². The highest BCUT2D eigenvalue weighted by Crippen LogP contribution is 2.26. The summed E-state index contributed by atoms with van der Waals surface area (Å²) in [5.41, 5.74) is 3.25. The molecule has 26 heavy (non-hydrogen) atoms. The Bertz CT molecular complexity index is 913. The number of thioether (sulfide) groups is 1. The average Bonchev–Trinajstić information content (AvgIpc) is 3.18. The second-order valence-electron chi connectivity index (χ2n) is 5.27. The van der Waals surface area contributed by atoms with E-state index >= 15 is 0 Å². The molecule has 1 heterocycles. The Morgan fingerprint density at radius 3 is 2.77 bits per heavy atom. The van der Waals surface area contributed by atoms with E-state index in [9.17, 15) is 14.0 Å². The van der Waals surface area contributed by atoms with Crippen molar-refractivity contribution >= 4 is 34.9 Å². The Kier molecular flexibility index (Phi) is 6.14. The molecule has 0 aliphatic carbocycles. The molecular formula is C19H14FNO3S2. The number of halogens is 1. The van der Waals surface area contributed by atoms with E-state index in [-0.39, 0.29) is 5.56 Å². The van der Waals surface area contributed by atoms with Crippen molar-refractivity contribution in [1.82, 2.24) is 4.98 Å². The number of carbonyl (C=O) groups is 2. The standard InChI is InChI=1S/C19H14FNO3S2/c20-14-5-3-4-13(8-14)17(22)9-24-19(23)16-6-1-2-7-18(16)26-11-15-10-25-12-21-15/h1-8,10,12H,9,11H2. The van der Waals surface area contributed by atoms with Gasteiger partial charge in [-0.25, -0.2) is 14.2 Å². The molecule has 0 radical (unpaired) electrons. The van der Waals surface area contributed by atoms with E-state index in [1.54, 1.807) is 17.6 Å². The lowest BCUT2D eigenvalue weighted by atomic mass is 10.1. The summed E-state index contributed by atoms with van der Waals surface area (Å²) in [6.07, 6.45) is 0. The van der Waals surface area contributed by atoms with Crippen molar-refractivity contribution in [1.29, 1.82) is 0 Å². The molecule has 0 fully saturated rings. The lowest BCUT2D eigenvalue weighted by molar-refractivity contribution is 0.0471. The van der Waals surface area contributed by atoms with Crippen molar-refractivity contribution in [2.75, 3.05) is 6.61 Å². The van der Waals surface area contributed by atoms with Crippen LogP contribution < -0.4 is 0 Å². The summed E-state index contributed by atoms with van der Waals surface area (Å²) in [5, 5.41) is 1.95. The van der Waals surface area contributed by atoms with E-state index in [0.717, 1.165) is 16.7 Å². The molecule has 0 aliphatic rings. The number of hydrogen-bond acceptors (Lipinski definition) is 6. The number of ketones is 1. The van der Waals surface area contributed by atoms with Crippen LogP contribution in [0.4, 0.5) is 4.39 Å². The lowest BCUT2D eigenvalue weighted by Crippen LogP contribution is -2.15. The molecule has 0 atom stereocenters. The number of rotatable bonds is 7. The number of carbonyl (C=O) groups excluding carboxylic acids is 2. The molecule has 3 aromatic rings. The number of Topliss-reactive ketones (excluding diaryl/α,β-unsaturated/α-hetero) is 1. The van der Waals surface area contributed by atoms with E-state index in [1.807, 2.05) is 17.5 Å². The molecule has 0 amide bonds. The first-order valence-electron chi connectivity index (χ1n) is 7.68. The highest BCUT2D eigenvalue weighted by Gasteiger charge is 2.16. The summed E-state index contributed by atoms with van der Waals surface area (Å²) in [6.45, 7) is -0.437. The van der Waals surface area contributed by atoms with Crippen molar-refractivity contribution in [2.24, 2.45) is 0 Å². The molecule has 2 aromatic carbocycles. The summed E-state index contributed by atoms with van der Waals surface area (Å²) >= 11 is 2.99. The number of benzene rings is 2. The summed E-state index contributed by atoms with van der Waals surface area (Å²) in [6, 6.07) is 12.3. The smallest absolute Gasteiger partial charge is 0.339 e. The second kappa shape index (κ2) is 8.73. The monoisotopic (exact) mass is 387 g/mol. The van der Waals surface area contributed by atoms with Crippen LogP contribution in [0.1, 0.15) is 26.4 Å². The van der Waals surface area contributed by atoms with Crippen molar-refractivity contribution in [3.05, 3.63) is 82.1 Å². The highest BCUT2D eigenvalue weighted by molar-refractivity contribution is 7.98. The van der Waals surface area contributed by atoms with Crippen LogP contribution in [0.5, 0.6) is 0 Å². The van der Waals surface area contributed by atoms with Gasteiger partial charge in [-0.05, 0) is 24.3 Å². The Balaban J connectivity index is 1.63. The van der Waals surface area contributed by atoms with Crippen LogP contribution in [0.15, 0.2) is 64.3 Å². The quantitative estimate of drug-likeness (QED) is 0.336. The number of thiazole rings is 1. The summed E-state index contributed by atoms with van der Waals surface area (Å²) < 4.78 is 18.3. The van der Waals surface area contributed by atoms with Crippen LogP contribution in [-0.2, 0) is 10.5 Å². The minimum atomic E-state index is -0.587. The zero-order chi connectivity index (χ0) is 18.4. The number of esters is 1. The molecule has 0 unspecified atom stereocenters. The van der Waals surface area contributed by atoms with Crippen LogP contribution in [0.3, 0.4) is 0 Å². The first-order chi connectivity index (χ1) is 12.6. The van der Waals surface area contributed by atoms with Crippen LogP contribution in [0, 0.1) is 5.82 Å². The number of aromatic nitrogens is 1. The molecular weight excluding hydrogens is 373 g/mol. The zero-order valence-corrected chi connectivity index (χ0v) is 15.2. The van der Waals surface area contributed by atoms with E-state index in [1.165, 1.54) is 41.3 Å². The average molecular weight is 387 g/mol. The topological polar surface area (TPSA) is 56.3 Å². The van der Waals surface area contributed by atoms with Gasteiger partial charge in [-0.15, -0.1) is 23.1 Å². The number of ether oxygens (including phenoxy) is 1. The van der Waals surface area contributed by atoms with Gasteiger partial charge in [0, 0.05) is 21.6 Å². The molecule has 0 aliphatic heterocycles. The van der Waals surface area contributed by atoms with E-state index in [0.29, 0.717) is 11.3 Å². The van der Waals surface area contributed by atoms with E-state index in [4.69, 9.17) is 4.74 Å². The molecule has 0 saturated carbocycles. The van der Waals surface area contributed by atoms with Gasteiger partial charge in [0.2, 0.25) is 0 Å². The summed E-state index contributed by atoms with van der Waals surface area (Å²) in [4.78, 5) is 29.4. The first kappa shape index (κ1) is 18.3. The third-order valence-electron chi connectivity index (χ3n) is 3.45. The Morgan fingerprint density at radius 1 is 1.15 bits per heavy atom. The van der Waals surface area contributed by atoms with Gasteiger partial charge in [0.25, 0.3) is 0 Å². The zero-order valence-electron chi connectivity index (χ0n) is 13.6. The fourth-order valence-corrected chi connectivity index (χ4v) is 3.78. The normalized spacial score (nSPS) is 10.5. The molecule has 0 bridgehead atoms. The van der Waals surface area contributed by atoms with Gasteiger partial charge in [0.1, 0.15) is 5.82 Å². The predicted octanol–water partition coefficient (Wildman–Crippen LogP) is 4.61. The third kappa shape index (κ3) is 4.77. The SMILES string of the molecule is O=C(COC(=O)c1ccccc1SCc1cscn1)c1cccc(F)c1. The Hall–Kier alpha value is -2.51. The minimum Gasteiger partial charge on any atom is -0.454 e. The first-order valence-corrected chi connectivity index (χ1v) is 9.61. The second-order valence-corrected chi connectivity index (χ2v) is 7.01. The fraction of sp³-hybridized carbons (Fsp3) is 0.105. The molecule has 0 saturated heterocycles. The van der Waals surface area contributed by atoms with Gasteiger partial charge < -0.3 is 4.74 Å². The van der Waals surface area contributed by atoms with Crippen LogP contribution >= 0.6 is 23.1 Å². The maximum atomic E-state index is 13.2. The van der Waals surface area contributed by atoms with Gasteiger partial charge in [-0.2, -0.15) is 0 Å². The molecule has 4 nitrogen and oxygen atoms in total. The van der Waals surface area contributed by atoms with Gasteiger partial charge in [0.05, 0.1) is 16.8 Å². The van der Waals surface area contributed by atoms with Crippen molar-refractivity contribution < 1.29 is 18.7 Å². The van der Waals surface area contributed by atoms with E-state index in [2.05, 4.69) is 4.98 Å². The molecule has 7 heteroatoms. The molecule has 132 valence electrons. The number of nitrogens with zero attached hydrogens (tertiary/aromatic N) is 1. The minimum absolute atomic E-state index is 0.170. The number of hydrogen-bond donors (Lipinski definition) is 0. The highest BCUT2D eigenvalue weighted by atomic mass is 32.2.